The minimum Gasteiger partial charge on any atom is -0.378 e. The van der Waals surface area contributed by atoms with Gasteiger partial charge in [-0.05, 0) is 36.5 Å². The van der Waals surface area contributed by atoms with E-state index in [2.05, 4.69) is 9.88 Å². The zero-order chi connectivity index (χ0) is 15.1. The van der Waals surface area contributed by atoms with Crippen molar-refractivity contribution in [3.8, 4) is 0 Å². The van der Waals surface area contributed by atoms with E-state index in [4.69, 9.17) is 4.74 Å². The van der Waals surface area contributed by atoms with Crippen LogP contribution in [0.4, 0.5) is 11.6 Å². The number of fused-ring (bicyclic) bond motifs is 1. The first-order valence-corrected chi connectivity index (χ1v) is 8.58. The van der Waals surface area contributed by atoms with E-state index in [-0.39, 0.29) is 10.7 Å². The molecule has 2 aliphatic heterocycles. The van der Waals surface area contributed by atoms with Gasteiger partial charge < -0.3 is 19.8 Å². The molecule has 2 aromatic heterocycles. The highest BCUT2D eigenvalue weighted by Crippen LogP contribution is 2.35. The van der Waals surface area contributed by atoms with Crippen molar-refractivity contribution in [2.24, 2.45) is 5.92 Å². The number of ether oxygens (including phenoxy) is 1. The van der Waals surface area contributed by atoms with Crippen LogP contribution in [0.3, 0.4) is 0 Å². The second kappa shape index (κ2) is 5.51. The highest BCUT2D eigenvalue weighted by molar-refractivity contribution is 7.15. The number of hydrogen-bond acceptors (Lipinski definition) is 6. The Labute approximate surface area is 131 Å². The van der Waals surface area contributed by atoms with Crippen molar-refractivity contribution in [2.45, 2.75) is 31.8 Å². The van der Waals surface area contributed by atoms with Gasteiger partial charge in [-0.1, -0.05) is 11.3 Å². The van der Waals surface area contributed by atoms with Crippen LogP contribution >= 0.6 is 11.3 Å². The van der Waals surface area contributed by atoms with E-state index in [0.717, 1.165) is 45.4 Å². The van der Waals surface area contributed by atoms with Crippen LogP contribution in [0.5, 0.6) is 0 Å². The van der Waals surface area contributed by atoms with Gasteiger partial charge in [0, 0.05) is 25.1 Å². The van der Waals surface area contributed by atoms with Crippen LogP contribution in [0, 0.1) is 16.0 Å². The van der Waals surface area contributed by atoms with Crippen molar-refractivity contribution in [2.75, 3.05) is 24.6 Å². The van der Waals surface area contributed by atoms with Gasteiger partial charge in [0.15, 0.2) is 0 Å². The molecule has 1 unspecified atom stereocenters. The van der Waals surface area contributed by atoms with Crippen molar-refractivity contribution >= 4 is 27.9 Å². The second-order valence-electron chi connectivity index (χ2n) is 5.95. The molecule has 0 aliphatic carbocycles. The van der Waals surface area contributed by atoms with Crippen LogP contribution in [0.2, 0.25) is 0 Å². The van der Waals surface area contributed by atoms with Gasteiger partial charge in [0.2, 0.25) is 5.82 Å². The Bertz CT molecular complexity index is 683. The molecule has 2 fully saturated rings. The third kappa shape index (κ3) is 2.26. The number of aromatic nitrogens is 2. The maximum Gasteiger partial charge on any atom is 0.373 e. The fourth-order valence-electron chi connectivity index (χ4n) is 3.60. The van der Waals surface area contributed by atoms with E-state index in [1.807, 2.05) is 5.38 Å². The van der Waals surface area contributed by atoms with Crippen molar-refractivity contribution < 1.29 is 9.66 Å². The number of thiazole rings is 1. The molecule has 1 atom stereocenters. The fourth-order valence-corrected chi connectivity index (χ4v) is 4.31. The SMILES string of the molecule is O=[N+]([O-])c1c(N2CCC(C3CCCO3)CC2)nc2sccn12. The summed E-state index contributed by atoms with van der Waals surface area (Å²) in [6, 6.07) is 0. The largest absolute Gasteiger partial charge is 0.378 e. The number of piperidine rings is 1. The van der Waals surface area contributed by atoms with Gasteiger partial charge >= 0.3 is 5.82 Å². The Morgan fingerprint density at radius 3 is 2.86 bits per heavy atom. The van der Waals surface area contributed by atoms with E-state index >= 15 is 0 Å². The summed E-state index contributed by atoms with van der Waals surface area (Å²) in [5.41, 5.74) is 0. The van der Waals surface area contributed by atoms with Crippen LogP contribution in [-0.2, 0) is 4.74 Å². The van der Waals surface area contributed by atoms with E-state index in [1.54, 1.807) is 10.6 Å². The van der Waals surface area contributed by atoms with E-state index in [1.165, 1.54) is 11.3 Å². The summed E-state index contributed by atoms with van der Waals surface area (Å²) < 4.78 is 7.36. The van der Waals surface area contributed by atoms with Crippen molar-refractivity contribution in [3.63, 3.8) is 0 Å². The van der Waals surface area contributed by atoms with Crippen LogP contribution in [0.25, 0.3) is 4.96 Å². The summed E-state index contributed by atoms with van der Waals surface area (Å²) in [7, 11) is 0. The normalized spacial score (nSPS) is 23.5. The fraction of sp³-hybridized carbons (Fsp3) is 0.643. The molecule has 7 nitrogen and oxygen atoms in total. The molecule has 2 aromatic rings. The highest BCUT2D eigenvalue weighted by atomic mass is 32.1. The number of rotatable bonds is 3. The van der Waals surface area contributed by atoms with Gasteiger partial charge in [-0.15, -0.1) is 0 Å². The zero-order valence-corrected chi connectivity index (χ0v) is 13.0. The molecule has 0 bridgehead atoms. The molecule has 118 valence electrons. The molecule has 4 rings (SSSR count). The maximum absolute atomic E-state index is 11.4. The first-order chi connectivity index (χ1) is 10.7. The third-order valence-electron chi connectivity index (χ3n) is 4.72. The Morgan fingerprint density at radius 2 is 2.18 bits per heavy atom. The smallest absolute Gasteiger partial charge is 0.373 e. The van der Waals surface area contributed by atoms with Crippen LogP contribution in [-0.4, -0.2) is 40.1 Å². The highest BCUT2D eigenvalue weighted by Gasteiger charge is 2.33. The monoisotopic (exact) mass is 322 g/mol. The topological polar surface area (TPSA) is 72.9 Å². The summed E-state index contributed by atoms with van der Waals surface area (Å²) in [4.78, 5) is 18.3. The molecule has 8 heteroatoms. The zero-order valence-electron chi connectivity index (χ0n) is 12.2. The molecule has 0 aromatic carbocycles. The quantitative estimate of drug-likeness (QED) is 0.642. The van der Waals surface area contributed by atoms with E-state index < -0.39 is 0 Å². The predicted octanol–water partition coefficient (Wildman–Crippen LogP) is 2.70. The number of nitrogens with zero attached hydrogens (tertiary/aromatic N) is 4. The first-order valence-electron chi connectivity index (χ1n) is 7.70. The van der Waals surface area contributed by atoms with E-state index in [9.17, 15) is 10.1 Å². The average Bonchev–Trinajstić information content (AvgIpc) is 3.23. The number of hydrogen-bond donors (Lipinski definition) is 0. The molecule has 22 heavy (non-hydrogen) atoms. The van der Waals surface area contributed by atoms with Crippen LogP contribution in [0.15, 0.2) is 11.6 Å². The summed E-state index contributed by atoms with van der Waals surface area (Å²) in [6.07, 6.45) is 6.47. The summed E-state index contributed by atoms with van der Waals surface area (Å²) in [6.45, 7) is 2.51. The maximum atomic E-state index is 11.4. The third-order valence-corrected chi connectivity index (χ3v) is 5.48. The Kier molecular flexibility index (Phi) is 3.50. The molecular weight excluding hydrogens is 304 g/mol. The van der Waals surface area contributed by atoms with E-state index in [0.29, 0.717) is 22.8 Å². The molecule has 2 aliphatic rings. The van der Waals surface area contributed by atoms with Crippen LogP contribution in [0.1, 0.15) is 25.7 Å². The number of nitro groups is 1. The Hall–Kier alpha value is -1.67. The number of anilines is 1. The second-order valence-corrected chi connectivity index (χ2v) is 6.82. The lowest BCUT2D eigenvalue weighted by molar-refractivity contribution is -0.389. The molecule has 2 saturated heterocycles. The molecule has 0 N–H and O–H groups in total. The molecule has 0 spiro atoms. The Balaban J connectivity index is 1.54. The number of imidazole rings is 1. The van der Waals surface area contributed by atoms with Gasteiger partial charge in [0.1, 0.15) is 6.20 Å². The standard InChI is InChI=1S/C14H18N4O3S/c19-18(20)13-12(15-14-17(13)7-9-22-14)16-5-3-10(4-6-16)11-2-1-8-21-11/h7,9-11H,1-6,8H2. The van der Waals surface area contributed by atoms with Gasteiger partial charge in [-0.25, -0.2) is 0 Å². The minimum atomic E-state index is -0.325. The summed E-state index contributed by atoms with van der Waals surface area (Å²) >= 11 is 1.43. The first kappa shape index (κ1) is 14.0. The molecule has 0 radical (unpaired) electrons. The average molecular weight is 322 g/mol. The summed E-state index contributed by atoms with van der Waals surface area (Å²) in [5, 5.41) is 13.2. The Morgan fingerprint density at radius 1 is 1.36 bits per heavy atom. The lowest BCUT2D eigenvalue weighted by atomic mass is 9.90. The van der Waals surface area contributed by atoms with Gasteiger partial charge in [-0.2, -0.15) is 9.38 Å². The molecular formula is C14H18N4O3S. The van der Waals surface area contributed by atoms with Crippen LogP contribution < -0.4 is 4.90 Å². The molecule has 0 amide bonds. The predicted molar refractivity (Wildman–Crippen MR) is 83.6 cm³/mol. The lowest BCUT2D eigenvalue weighted by Gasteiger charge is -2.34. The van der Waals surface area contributed by atoms with Gasteiger partial charge in [0.25, 0.3) is 4.96 Å². The van der Waals surface area contributed by atoms with Crippen molar-refractivity contribution in [1.29, 1.82) is 0 Å². The van der Waals surface area contributed by atoms with Crippen molar-refractivity contribution in [1.82, 2.24) is 9.38 Å². The van der Waals surface area contributed by atoms with Gasteiger partial charge in [0.05, 0.1) is 6.10 Å². The summed E-state index contributed by atoms with van der Waals surface area (Å²) in [5.74, 6) is 1.19. The molecule has 0 saturated carbocycles. The lowest BCUT2D eigenvalue weighted by Crippen LogP contribution is -2.38. The molecule has 4 heterocycles. The minimum absolute atomic E-state index is 0.0896. The van der Waals surface area contributed by atoms with Gasteiger partial charge in [-0.3, -0.25) is 0 Å². The van der Waals surface area contributed by atoms with Crippen molar-refractivity contribution in [3.05, 3.63) is 21.7 Å².